The molecule has 0 atom stereocenters. The van der Waals surface area contributed by atoms with Gasteiger partial charge in [-0.2, -0.15) is 0 Å². The molecule has 2 amide bonds. The van der Waals surface area contributed by atoms with Crippen LogP contribution in [0.5, 0.6) is 17.2 Å². The van der Waals surface area contributed by atoms with Crippen molar-refractivity contribution in [2.75, 3.05) is 0 Å². The van der Waals surface area contributed by atoms with Crippen molar-refractivity contribution >= 4 is 12.0 Å². The molecule has 2 bridgehead atoms. The number of benzene rings is 2. The predicted molar refractivity (Wildman–Crippen MR) is 173 cm³/mol. The summed E-state index contributed by atoms with van der Waals surface area (Å²) in [5.41, 5.74) is 0.803. The van der Waals surface area contributed by atoms with Crippen molar-refractivity contribution < 1.29 is 33.7 Å². The monoisotopic (exact) mass is 647 g/mol. The number of pyridine rings is 1. The number of carboxylic acid groups (broad SMARTS) is 1. The van der Waals surface area contributed by atoms with Gasteiger partial charge in [-0.15, -0.1) is 0 Å². The van der Waals surface area contributed by atoms with Crippen LogP contribution in [0.1, 0.15) is 75.5 Å². The summed E-state index contributed by atoms with van der Waals surface area (Å²) in [7, 11) is 1.66. The zero-order chi connectivity index (χ0) is 33.9. The van der Waals surface area contributed by atoms with Gasteiger partial charge in [-0.1, -0.05) is 6.07 Å². The first kappa shape index (κ1) is 32.6. The number of ether oxygens (including phenoxy) is 2. The molecule has 0 spiro atoms. The zero-order valence-electron chi connectivity index (χ0n) is 27.4. The van der Waals surface area contributed by atoms with Crippen molar-refractivity contribution in [1.82, 2.24) is 15.2 Å². The largest absolute Gasteiger partial charge is 0.490 e. The molecule has 4 N–H and O–H groups in total. The molecule has 250 valence electrons. The molecule has 0 saturated heterocycles. The minimum atomic E-state index is -1.16. The lowest BCUT2D eigenvalue weighted by Gasteiger charge is -2.68. The van der Waals surface area contributed by atoms with Gasteiger partial charge in [0.1, 0.15) is 23.1 Å². The van der Waals surface area contributed by atoms with Gasteiger partial charge in [0.05, 0.1) is 17.1 Å². The van der Waals surface area contributed by atoms with E-state index in [2.05, 4.69) is 10.6 Å². The summed E-state index contributed by atoms with van der Waals surface area (Å²) < 4.78 is 28.5. The summed E-state index contributed by atoms with van der Waals surface area (Å²) in [4.78, 5) is 36.9. The number of halogens is 1. The Balaban J connectivity index is 1.21. The van der Waals surface area contributed by atoms with E-state index >= 15 is 0 Å². The van der Waals surface area contributed by atoms with Gasteiger partial charge in [0.2, 0.25) is 5.91 Å². The molecule has 0 unspecified atom stereocenters. The molecule has 0 radical (unpaired) electrons. The second kappa shape index (κ2) is 11.7. The molecule has 3 aromatic rings. The zero-order valence-corrected chi connectivity index (χ0v) is 27.4. The SMILES string of the molecule is Cc1cc(F)cc(C)c1Oc1ccc(C(C)(C)O)cc1-c1cn(C)c(=O)cc1O[C@H]1CC[C@H](NC(=O)C23CC(NC(=O)O)(C2)C3)CC1. The molecule has 4 aliphatic rings. The first-order valence-electron chi connectivity index (χ1n) is 16.1. The van der Waals surface area contributed by atoms with Gasteiger partial charge in [0, 0.05) is 42.0 Å². The lowest BCUT2D eigenvalue weighted by atomic mass is 9.39. The normalized spacial score (nSPS) is 24.8. The fourth-order valence-electron chi connectivity index (χ4n) is 7.52. The molecule has 4 saturated carbocycles. The van der Waals surface area contributed by atoms with E-state index in [9.17, 15) is 23.9 Å². The van der Waals surface area contributed by atoms with E-state index < -0.39 is 22.6 Å². The Morgan fingerprint density at radius 2 is 1.62 bits per heavy atom. The molecule has 0 aliphatic heterocycles. The highest BCUT2D eigenvalue weighted by molar-refractivity contribution is 5.88. The van der Waals surface area contributed by atoms with Gasteiger partial charge in [0.15, 0.2) is 0 Å². The first-order chi connectivity index (χ1) is 22.1. The summed E-state index contributed by atoms with van der Waals surface area (Å²) in [6, 6.07) is 9.64. The Bertz CT molecular complexity index is 1760. The lowest BCUT2D eigenvalue weighted by molar-refractivity contribution is -0.179. The van der Waals surface area contributed by atoms with E-state index in [1.165, 1.54) is 22.8 Å². The van der Waals surface area contributed by atoms with Crippen molar-refractivity contribution in [3.63, 3.8) is 0 Å². The topological polar surface area (TPSA) is 139 Å². The average Bonchev–Trinajstić information content (AvgIpc) is 2.94. The van der Waals surface area contributed by atoms with Crippen molar-refractivity contribution in [3.05, 3.63) is 75.5 Å². The van der Waals surface area contributed by atoms with E-state index in [-0.39, 0.29) is 29.4 Å². The molecule has 4 fully saturated rings. The quantitative estimate of drug-likeness (QED) is 0.229. The summed E-state index contributed by atoms with van der Waals surface area (Å²) in [6.07, 6.45) is 4.82. The first-order valence-corrected chi connectivity index (χ1v) is 16.1. The van der Waals surface area contributed by atoms with Crippen molar-refractivity contribution in [2.24, 2.45) is 12.5 Å². The van der Waals surface area contributed by atoms with E-state index in [0.717, 1.165) is 0 Å². The summed E-state index contributed by atoms with van der Waals surface area (Å²) >= 11 is 0. The van der Waals surface area contributed by atoms with Crippen LogP contribution in [0.25, 0.3) is 11.1 Å². The number of nitrogens with one attached hydrogen (secondary N) is 2. The number of aliphatic hydroxyl groups is 1. The number of hydrogen-bond acceptors (Lipinski definition) is 6. The van der Waals surface area contributed by atoms with Crippen molar-refractivity contribution in [1.29, 1.82) is 0 Å². The molecule has 1 heterocycles. The van der Waals surface area contributed by atoms with Crippen LogP contribution in [-0.4, -0.2) is 44.5 Å². The van der Waals surface area contributed by atoms with Gasteiger partial charge < -0.3 is 34.9 Å². The van der Waals surface area contributed by atoms with Crippen LogP contribution in [0, 0.1) is 25.1 Å². The minimum absolute atomic E-state index is 0.00405. The molecular formula is C36H42FN3O7. The molecule has 11 heteroatoms. The van der Waals surface area contributed by atoms with Crippen LogP contribution in [-0.2, 0) is 17.4 Å². The number of carbonyl (C=O) groups is 2. The molecule has 47 heavy (non-hydrogen) atoms. The second-order valence-electron chi connectivity index (χ2n) is 14.3. The van der Waals surface area contributed by atoms with Crippen LogP contribution >= 0.6 is 0 Å². The fraction of sp³-hybridized carbons (Fsp3) is 0.472. The van der Waals surface area contributed by atoms with Crippen molar-refractivity contribution in [3.8, 4) is 28.4 Å². The molecular weight excluding hydrogens is 605 g/mol. The number of aromatic nitrogens is 1. The van der Waals surface area contributed by atoms with Gasteiger partial charge in [-0.3, -0.25) is 9.59 Å². The maximum Gasteiger partial charge on any atom is 0.405 e. The standard InChI is InChI=1S/C36H42FN3O7/c1-20-12-23(37)13-21(2)31(20)47-28-11-6-22(34(3,4)45)14-26(28)27-16-40(5)30(41)15-29(27)46-25-9-7-24(8-10-25)38-32(42)35-17-36(18-35,19-35)39-33(43)44/h6,11-16,24-25,39,45H,7-10,17-19H2,1-5H3,(H,38,42)(H,43,44)/t24-,25-,35?,36?. The Labute approximate surface area is 272 Å². The van der Waals surface area contributed by atoms with Gasteiger partial charge >= 0.3 is 6.09 Å². The second-order valence-corrected chi connectivity index (χ2v) is 14.3. The van der Waals surface area contributed by atoms with Crippen LogP contribution in [0.15, 0.2) is 47.4 Å². The highest BCUT2D eigenvalue weighted by atomic mass is 19.1. The van der Waals surface area contributed by atoms with Crippen LogP contribution in [0.3, 0.4) is 0 Å². The van der Waals surface area contributed by atoms with Crippen LogP contribution in [0.2, 0.25) is 0 Å². The smallest absolute Gasteiger partial charge is 0.405 e. The number of hydrogen-bond donors (Lipinski definition) is 4. The fourth-order valence-corrected chi connectivity index (χ4v) is 7.52. The summed E-state index contributed by atoms with van der Waals surface area (Å²) in [6.45, 7) is 6.93. The number of carbonyl (C=O) groups excluding carboxylic acids is 1. The van der Waals surface area contributed by atoms with E-state index in [1.54, 1.807) is 53.1 Å². The highest BCUT2D eigenvalue weighted by Gasteiger charge is 2.72. The number of nitrogens with zero attached hydrogens (tertiary/aromatic N) is 1. The third kappa shape index (κ3) is 6.33. The van der Waals surface area contributed by atoms with Crippen molar-refractivity contribution in [2.45, 2.75) is 95.9 Å². The van der Waals surface area contributed by atoms with Gasteiger partial charge in [-0.05, 0) is 114 Å². The Hall–Kier alpha value is -4.38. The Kier molecular flexibility index (Phi) is 8.10. The summed E-state index contributed by atoms with van der Waals surface area (Å²) in [5, 5.41) is 25.6. The lowest BCUT2D eigenvalue weighted by Crippen LogP contribution is -2.78. The van der Waals surface area contributed by atoms with E-state index in [4.69, 9.17) is 14.6 Å². The van der Waals surface area contributed by atoms with Gasteiger partial charge in [-0.25, -0.2) is 9.18 Å². The summed E-state index contributed by atoms with van der Waals surface area (Å²) in [5.74, 6) is 1.00. The van der Waals surface area contributed by atoms with E-state index in [0.29, 0.717) is 90.0 Å². The molecule has 10 nitrogen and oxygen atoms in total. The predicted octanol–water partition coefficient (Wildman–Crippen LogP) is 5.82. The van der Waals surface area contributed by atoms with Crippen LogP contribution in [0.4, 0.5) is 9.18 Å². The Morgan fingerprint density at radius 1 is 0.979 bits per heavy atom. The number of amides is 2. The molecule has 1 aromatic heterocycles. The third-order valence-corrected chi connectivity index (χ3v) is 9.99. The Morgan fingerprint density at radius 3 is 2.21 bits per heavy atom. The molecule has 4 aliphatic carbocycles. The molecule has 7 rings (SSSR count). The minimum Gasteiger partial charge on any atom is -0.490 e. The number of aryl methyl sites for hydroxylation is 3. The van der Waals surface area contributed by atoms with Crippen LogP contribution < -0.4 is 25.7 Å². The number of rotatable bonds is 9. The third-order valence-electron chi connectivity index (χ3n) is 9.99. The maximum absolute atomic E-state index is 14.1. The molecule has 2 aromatic carbocycles. The average molecular weight is 648 g/mol. The highest BCUT2D eigenvalue weighted by Crippen LogP contribution is 2.67. The van der Waals surface area contributed by atoms with E-state index in [1.807, 2.05) is 6.07 Å². The van der Waals surface area contributed by atoms with Gasteiger partial charge in [0.25, 0.3) is 5.56 Å². The maximum atomic E-state index is 14.1.